The van der Waals surface area contributed by atoms with Gasteiger partial charge in [-0.3, -0.25) is 10.2 Å². The van der Waals surface area contributed by atoms with Crippen molar-refractivity contribution >= 4 is 29.5 Å². The molecule has 140 valence electrons. The molecule has 8 nitrogen and oxygen atoms in total. The van der Waals surface area contributed by atoms with Gasteiger partial charge in [-0.2, -0.15) is 0 Å². The summed E-state index contributed by atoms with van der Waals surface area (Å²) in [6.45, 7) is 10.3. The lowest BCUT2D eigenvalue weighted by molar-refractivity contribution is -0.0449. The van der Waals surface area contributed by atoms with Crippen LogP contribution in [0.1, 0.15) is 41.5 Å². The number of halogens is 1. The zero-order chi connectivity index (χ0) is 19.6. The van der Waals surface area contributed by atoms with Crippen molar-refractivity contribution in [1.29, 1.82) is 0 Å². The van der Waals surface area contributed by atoms with Gasteiger partial charge >= 0.3 is 12.2 Å². The SMILES string of the molecule is CC(C)(C)N(C(=O)O)C(NC(=O)O)(Nc1ccnc(Cl)c1)C(C)(C)C. The minimum atomic E-state index is -1.67. The topological polar surface area (TPSA) is 115 Å². The first-order chi connectivity index (χ1) is 11.2. The molecule has 1 aromatic heterocycles. The van der Waals surface area contributed by atoms with E-state index in [1.807, 2.05) is 0 Å². The second kappa shape index (κ2) is 6.95. The summed E-state index contributed by atoms with van der Waals surface area (Å²) in [6.07, 6.45) is -1.19. The molecule has 2 amide bonds. The van der Waals surface area contributed by atoms with Crippen molar-refractivity contribution in [3.63, 3.8) is 0 Å². The average Bonchev–Trinajstić information content (AvgIpc) is 2.33. The molecule has 0 saturated carbocycles. The van der Waals surface area contributed by atoms with Gasteiger partial charge in [-0.15, -0.1) is 0 Å². The van der Waals surface area contributed by atoms with E-state index < -0.39 is 28.9 Å². The van der Waals surface area contributed by atoms with E-state index in [1.165, 1.54) is 12.3 Å². The van der Waals surface area contributed by atoms with Gasteiger partial charge in [-0.05, 0) is 32.9 Å². The summed E-state index contributed by atoms with van der Waals surface area (Å²) in [5.74, 6) is -1.67. The molecule has 0 aliphatic rings. The van der Waals surface area contributed by atoms with Crippen LogP contribution in [0.4, 0.5) is 15.3 Å². The highest BCUT2D eigenvalue weighted by Gasteiger charge is 2.54. The van der Waals surface area contributed by atoms with Gasteiger partial charge in [-0.25, -0.2) is 14.6 Å². The van der Waals surface area contributed by atoms with Crippen LogP contribution in [0.3, 0.4) is 0 Å². The minimum Gasteiger partial charge on any atom is -0.465 e. The zero-order valence-electron chi connectivity index (χ0n) is 15.2. The Bertz CT molecular complexity index is 654. The average molecular weight is 373 g/mol. The molecule has 0 radical (unpaired) electrons. The number of nitrogens with zero attached hydrogens (tertiary/aromatic N) is 2. The highest BCUT2D eigenvalue weighted by Crippen LogP contribution is 2.39. The normalized spacial score (nSPS) is 14.4. The van der Waals surface area contributed by atoms with Crippen LogP contribution in [0.15, 0.2) is 18.3 Å². The zero-order valence-corrected chi connectivity index (χ0v) is 16.0. The minimum absolute atomic E-state index is 0.195. The third kappa shape index (κ3) is 4.66. The maximum Gasteiger partial charge on any atom is 0.411 e. The quantitative estimate of drug-likeness (QED) is 0.470. The predicted molar refractivity (Wildman–Crippen MR) is 95.8 cm³/mol. The Morgan fingerprint density at radius 3 is 2.08 bits per heavy atom. The second-order valence-electron chi connectivity index (χ2n) is 7.67. The van der Waals surface area contributed by atoms with E-state index in [0.717, 1.165) is 4.90 Å². The molecule has 0 bridgehead atoms. The van der Waals surface area contributed by atoms with Crippen LogP contribution in [0, 0.1) is 5.41 Å². The fourth-order valence-corrected chi connectivity index (χ4v) is 2.80. The van der Waals surface area contributed by atoms with E-state index in [-0.39, 0.29) is 5.15 Å². The van der Waals surface area contributed by atoms with Gasteiger partial charge in [-0.1, -0.05) is 32.4 Å². The van der Waals surface area contributed by atoms with E-state index in [1.54, 1.807) is 47.6 Å². The van der Waals surface area contributed by atoms with Crippen molar-refractivity contribution in [2.45, 2.75) is 52.9 Å². The number of hydrogen-bond donors (Lipinski definition) is 4. The van der Waals surface area contributed by atoms with E-state index in [2.05, 4.69) is 15.6 Å². The second-order valence-corrected chi connectivity index (χ2v) is 8.06. The lowest BCUT2D eigenvalue weighted by atomic mass is 9.82. The van der Waals surface area contributed by atoms with Gasteiger partial charge in [0.2, 0.25) is 5.79 Å². The highest BCUT2D eigenvalue weighted by atomic mass is 35.5. The molecule has 0 spiro atoms. The highest BCUT2D eigenvalue weighted by molar-refractivity contribution is 6.29. The Hall–Kier alpha value is -2.22. The summed E-state index contributed by atoms with van der Waals surface area (Å²) in [7, 11) is 0. The maximum atomic E-state index is 12.1. The lowest BCUT2D eigenvalue weighted by Crippen LogP contribution is -2.76. The van der Waals surface area contributed by atoms with Gasteiger partial charge in [0.1, 0.15) is 5.15 Å². The van der Waals surface area contributed by atoms with Crippen LogP contribution in [0.5, 0.6) is 0 Å². The molecule has 9 heteroatoms. The number of hydrogen-bond acceptors (Lipinski definition) is 4. The number of aromatic nitrogens is 1. The fraction of sp³-hybridized carbons (Fsp3) is 0.562. The summed E-state index contributed by atoms with van der Waals surface area (Å²) in [5.41, 5.74) is -1.35. The number of amides is 2. The van der Waals surface area contributed by atoms with Crippen LogP contribution >= 0.6 is 11.6 Å². The van der Waals surface area contributed by atoms with Crippen LogP contribution in [0.25, 0.3) is 0 Å². The van der Waals surface area contributed by atoms with Crippen LogP contribution in [-0.2, 0) is 0 Å². The Balaban J connectivity index is 3.67. The molecule has 0 aliphatic carbocycles. The summed E-state index contributed by atoms with van der Waals surface area (Å²) >= 11 is 5.91. The molecule has 1 atom stereocenters. The van der Waals surface area contributed by atoms with E-state index in [9.17, 15) is 19.8 Å². The molecule has 1 rings (SSSR count). The van der Waals surface area contributed by atoms with Crippen molar-refractivity contribution in [3.05, 3.63) is 23.5 Å². The van der Waals surface area contributed by atoms with Gasteiger partial charge < -0.3 is 15.5 Å². The predicted octanol–water partition coefficient (Wildman–Crippen LogP) is 3.89. The number of carboxylic acid groups (broad SMARTS) is 2. The van der Waals surface area contributed by atoms with E-state index >= 15 is 0 Å². The maximum absolute atomic E-state index is 12.1. The van der Waals surface area contributed by atoms with Gasteiger partial charge in [0.15, 0.2) is 0 Å². The standard InChI is InChI=1S/C16H25ClN4O4/c1-14(2,3)16(20-12(22)23,21(13(24)25)15(4,5)6)19-10-7-8-18-11(17)9-10/h7-9,20H,1-6H3,(H,18,19)(H,22,23)(H,24,25). The monoisotopic (exact) mass is 372 g/mol. The number of nitrogens with one attached hydrogen (secondary N) is 2. The molecule has 0 aliphatic heterocycles. The van der Waals surface area contributed by atoms with Crippen molar-refractivity contribution in [1.82, 2.24) is 15.2 Å². The first-order valence-electron chi connectivity index (χ1n) is 7.65. The first kappa shape index (κ1) is 20.8. The van der Waals surface area contributed by atoms with Crippen molar-refractivity contribution in [2.75, 3.05) is 5.32 Å². The first-order valence-corrected chi connectivity index (χ1v) is 8.02. The van der Waals surface area contributed by atoms with Gasteiger partial charge in [0.25, 0.3) is 0 Å². The van der Waals surface area contributed by atoms with Crippen molar-refractivity contribution < 1.29 is 19.8 Å². The molecule has 0 saturated heterocycles. The molecular formula is C16H25ClN4O4. The molecule has 0 fully saturated rings. The third-order valence-corrected chi connectivity index (χ3v) is 3.83. The third-order valence-electron chi connectivity index (χ3n) is 3.62. The van der Waals surface area contributed by atoms with Gasteiger partial charge in [0, 0.05) is 22.8 Å². The molecule has 0 aromatic carbocycles. The Morgan fingerprint density at radius 2 is 1.72 bits per heavy atom. The molecular weight excluding hydrogens is 348 g/mol. The fourth-order valence-electron chi connectivity index (χ4n) is 2.63. The van der Waals surface area contributed by atoms with E-state index in [4.69, 9.17) is 11.6 Å². The summed E-state index contributed by atoms with van der Waals surface area (Å²) in [4.78, 5) is 28.6. The number of pyridine rings is 1. The van der Waals surface area contributed by atoms with Crippen LogP contribution in [-0.4, -0.2) is 43.6 Å². The summed E-state index contributed by atoms with van der Waals surface area (Å²) < 4.78 is 0. The Kier molecular flexibility index (Phi) is 5.79. The molecule has 1 heterocycles. The number of carbonyl (C=O) groups is 2. The molecule has 1 aromatic rings. The number of rotatable bonds is 4. The summed E-state index contributed by atoms with van der Waals surface area (Å²) in [6, 6.07) is 3.08. The smallest absolute Gasteiger partial charge is 0.411 e. The Labute approximate surface area is 152 Å². The molecule has 4 N–H and O–H groups in total. The van der Waals surface area contributed by atoms with Crippen LogP contribution in [0.2, 0.25) is 5.15 Å². The van der Waals surface area contributed by atoms with Gasteiger partial charge in [0.05, 0.1) is 0 Å². The van der Waals surface area contributed by atoms with Crippen molar-refractivity contribution in [3.8, 4) is 0 Å². The Morgan fingerprint density at radius 1 is 1.16 bits per heavy atom. The van der Waals surface area contributed by atoms with E-state index in [0.29, 0.717) is 5.69 Å². The summed E-state index contributed by atoms with van der Waals surface area (Å²) in [5, 5.41) is 24.9. The lowest BCUT2D eigenvalue weighted by Gasteiger charge is -2.55. The molecule has 1 unspecified atom stereocenters. The number of anilines is 1. The largest absolute Gasteiger partial charge is 0.465 e. The molecule has 25 heavy (non-hydrogen) atoms. The van der Waals surface area contributed by atoms with Crippen LogP contribution < -0.4 is 10.6 Å². The van der Waals surface area contributed by atoms with Crippen molar-refractivity contribution in [2.24, 2.45) is 5.41 Å².